The molecule has 1 unspecified atom stereocenters. The van der Waals surface area contributed by atoms with Gasteiger partial charge in [0.2, 0.25) is 5.91 Å². The smallest absolute Gasteiger partial charge is 0.326 e. The van der Waals surface area contributed by atoms with Gasteiger partial charge in [0, 0.05) is 18.7 Å². The van der Waals surface area contributed by atoms with Crippen LogP contribution < -0.4 is 21.5 Å². The Bertz CT molecular complexity index is 476. The summed E-state index contributed by atoms with van der Waals surface area (Å²) < 4.78 is 1.94. The zero-order chi connectivity index (χ0) is 13.8. The predicted molar refractivity (Wildman–Crippen MR) is 68.4 cm³/mol. The SMILES string of the molecule is Cc1cc[n+](CCC(=O)N2CCCC2C(=O)O)cc1.[Br-]. The van der Waals surface area contributed by atoms with Crippen LogP contribution in [0.25, 0.3) is 0 Å². The van der Waals surface area contributed by atoms with Crippen LogP contribution in [-0.4, -0.2) is 34.5 Å². The second-order valence-corrected chi connectivity index (χ2v) is 4.95. The molecule has 0 saturated carbocycles. The molecule has 1 amide bonds. The lowest BCUT2D eigenvalue weighted by Crippen LogP contribution is -3.00. The van der Waals surface area contributed by atoms with Crippen molar-refractivity contribution in [1.29, 1.82) is 0 Å². The Morgan fingerprint density at radius 1 is 1.40 bits per heavy atom. The van der Waals surface area contributed by atoms with E-state index in [2.05, 4.69) is 0 Å². The number of nitrogens with zero attached hydrogens (tertiary/aromatic N) is 2. The number of aromatic nitrogens is 1. The molecule has 1 aliphatic heterocycles. The Hall–Kier alpha value is -1.43. The van der Waals surface area contributed by atoms with Crippen molar-refractivity contribution >= 4 is 11.9 Å². The fourth-order valence-corrected chi connectivity index (χ4v) is 2.37. The molecule has 1 N–H and O–H groups in total. The lowest BCUT2D eigenvalue weighted by Gasteiger charge is -2.20. The predicted octanol–water partition coefficient (Wildman–Crippen LogP) is -2.25. The Labute approximate surface area is 129 Å². The fraction of sp³-hybridized carbons (Fsp3) is 0.500. The maximum Gasteiger partial charge on any atom is 0.326 e. The van der Waals surface area contributed by atoms with E-state index in [1.54, 1.807) is 0 Å². The third-order valence-corrected chi connectivity index (χ3v) is 3.50. The van der Waals surface area contributed by atoms with Gasteiger partial charge < -0.3 is 27.0 Å². The topological polar surface area (TPSA) is 61.5 Å². The number of pyridine rings is 1. The molecule has 20 heavy (non-hydrogen) atoms. The lowest BCUT2D eigenvalue weighted by molar-refractivity contribution is -0.696. The molecule has 5 nitrogen and oxygen atoms in total. The minimum atomic E-state index is -0.895. The van der Waals surface area contributed by atoms with E-state index in [1.807, 2.05) is 36.0 Å². The maximum absolute atomic E-state index is 12.0. The Morgan fingerprint density at radius 3 is 2.65 bits per heavy atom. The van der Waals surface area contributed by atoms with E-state index in [-0.39, 0.29) is 22.9 Å². The lowest BCUT2D eigenvalue weighted by atomic mass is 10.2. The summed E-state index contributed by atoms with van der Waals surface area (Å²) in [5.74, 6) is -0.966. The summed E-state index contributed by atoms with van der Waals surface area (Å²) in [6.07, 6.45) is 5.55. The molecule has 0 bridgehead atoms. The first-order valence-corrected chi connectivity index (χ1v) is 6.56. The van der Waals surface area contributed by atoms with Crippen LogP contribution in [0.3, 0.4) is 0 Å². The van der Waals surface area contributed by atoms with Gasteiger partial charge in [0.25, 0.3) is 0 Å². The normalized spacial score (nSPS) is 17.6. The molecule has 1 aromatic heterocycles. The van der Waals surface area contributed by atoms with Crippen molar-refractivity contribution in [2.75, 3.05) is 6.54 Å². The second kappa shape index (κ2) is 7.38. The molecule has 1 aliphatic rings. The summed E-state index contributed by atoms with van der Waals surface area (Å²) >= 11 is 0. The standard InChI is InChI=1S/C14H18N2O3.BrH/c1-11-4-8-15(9-5-11)10-6-13(17)16-7-2-3-12(16)14(18)19;/h4-5,8-9,12H,2-3,6-7,10H2,1H3;1H. The van der Waals surface area contributed by atoms with Crippen LogP contribution in [0.15, 0.2) is 24.5 Å². The van der Waals surface area contributed by atoms with Crippen molar-refractivity contribution in [3.05, 3.63) is 30.1 Å². The molecule has 2 heterocycles. The summed E-state index contributed by atoms with van der Waals surface area (Å²) in [4.78, 5) is 24.6. The van der Waals surface area contributed by atoms with E-state index >= 15 is 0 Å². The van der Waals surface area contributed by atoms with E-state index in [4.69, 9.17) is 5.11 Å². The third-order valence-electron chi connectivity index (χ3n) is 3.50. The fourth-order valence-electron chi connectivity index (χ4n) is 2.37. The highest BCUT2D eigenvalue weighted by Crippen LogP contribution is 2.18. The van der Waals surface area contributed by atoms with E-state index < -0.39 is 12.0 Å². The number of rotatable bonds is 4. The van der Waals surface area contributed by atoms with Gasteiger partial charge in [-0.05, 0) is 25.3 Å². The number of likely N-dealkylation sites (tertiary alicyclic amines) is 1. The van der Waals surface area contributed by atoms with Gasteiger partial charge in [0.1, 0.15) is 6.04 Å². The van der Waals surface area contributed by atoms with Crippen LogP contribution in [0.1, 0.15) is 24.8 Å². The van der Waals surface area contributed by atoms with Crippen LogP contribution in [-0.2, 0) is 16.1 Å². The largest absolute Gasteiger partial charge is 1.00 e. The molecular formula is C14H19BrN2O3. The number of carbonyl (C=O) groups is 2. The van der Waals surface area contributed by atoms with Gasteiger partial charge in [0.05, 0.1) is 6.42 Å². The van der Waals surface area contributed by atoms with Crippen molar-refractivity contribution in [1.82, 2.24) is 4.90 Å². The van der Waals surface area contributed by atoms with Gasteiger partial charge in [-0.25, -0.2) is 9.36 Å². The van der Waals surface area contributed by atoms with Crippen molar-refractivity contribution in [3.8, 4) is 0 Å². The summed E-state index contributed by atoms with van der Waals surface area (Å²) in [5, 5.41) is 9.05. The number of aliphatic carboxylic acids is 1. The molecule has 0 aromatic carbocycles. The minimum Gasteiger partial charge on any atom is -1.00 e. The van der Waals surface area contributed by atoms with E-state index in [0.29, 0.717) is 25.9 Å². The first-order chi connectivity index (χ1) is 9.08. The van der Waals surface area contributed by atoms with E-state index in [0.717, 1.165) is 6.42 Å². The van der Waals surface area contributed by atoms with Crippen molar-refractivity contribution < 1.29 is 36.2 Å². The molecule has 2 rings (SSSR count). The summed E-state index contributed by atoms with van der Waals surface area (Å²) in [5.41, 5.74) is 1.17. The Kier molecular flexibility index (Phi) is 6.13. The number of carboxylic acid groups (broad SMARTS) is 1. The third kappa shape index (κ3) is 4.03. The highest BCUT2D eigenvalue weighted by Gasteiger charge is 2.33. The van der Waals surface area contributed by atoms with Crippen molar-refractivity contribution in [3.63, 3.8) is 0 Å². The quantitative estimate of drug-likeness (QED) is 0.629. The zero-order valence-electron chi connectivity index (χ0n) is 11.5. The van der Waals surface area contributed by atoms with Gasteiger partial charge in [-0.3, -0.25) is 4.79 Å². The molecule has 0 radical (unpaired) electrons. The molecule has 110 valence electrons. The van der Waals surface area contributed by atoms with Crippen molar-refractivity contribution in [2.24, 2.45) is 0 Å². The maximum atomic E-state index is 12.0. The number of halogens is 1. The summed E-state index contributed by atoms with van der Waals surface area (Å²) in [7, 11) is 0. The molecule has 0 spiro atoms. The first-order valence-electron chi connectivity index (χ1n) is 6.56. The molecule has 1 saturated heterocycles. The molecular weight excluding hydrogens is 324 g/mol. The second-order valence-electron chi connectivity index (χ2n) is 4.95. The number of amides is 1. The highest BCUT2D eigenvalue weighted by atomic mass is 79.9. The Morgan fingerprint density at radius 2 is 2.05 bits per heavy atom. The van der Waals surface area contributed by atoms with Crippen molar-refractivity contribution in [2.45, 2.75) is 38.8 Å². The van der Waals surface area contributed by atoms with Crippen LogP contribution in [0.5, 0.6) is 0 Å². The number of hydrogen-bond acceptors (Lipinski definition) is 2. The van der Waals surface area contributed by atoms with Crippen LogP contribution >= 0.6 is 0 Å². The van der Waals surface area contributed by atoms with E-state index in [1.165, 1.54) is 10.5 Å². The number of aryl methyl sites for hydroxylation is 2. The number of carboxylic acids is 1. The molecule has 0 aliphatic carbocycles. The first kappa shape index (κ1) is 16.6. The molecule has 1 aromatic rings. The van der Waals surface area contributed by atoms with Crippen LogP contribution in [0.2, 0.25) is 0 Å². The Balaban J connectivity index is 0.00000200. The number of carbonyl (C=O) groups excluding carboxylic acids is 1. The highest BCUT2D eigenvalue weighted by molar-refractivity contribution is 5.84. The average molecular weight is 343 g/mol. The molecule has 1 atom stereocenters. The van der Waals surface area contributed by atoms with Crippen LogP contribution in [0.4, 0.5) is 0 Å². The average Bonchev–Trinajstić information content (AvgIpc) is 2.87. The summed E-state index contributed by atoms with van der Waals surface area (Å²) in [6.45, 7) is 3.16. The zero-order valence-corrected chi connectivity index (χ0v) is 13.0. The monoisotopic (exact) mass is 342 g/mol. The summed E-state index contributed by atoms with van der Waals surface area (Å²) in [6, 6.07) is 3.34. The van der Waals surface area contributed by atoms with Gasteiger partial charge in [0.15, 0.2) is 18.9 Å². The van der Waals surface area contributed by atoms with Gasteiger partial charge >= 0.3 is 5.97 Å². The molecule has 1 fully saturated rings. The van der Waals surface area contributed by atoms with Gasteiger partial charge in [-0.1, -0.05) is 0 Å². The van der Waals surface area contributed by atoms with E-state index in [9.17, 15) is 9.59 Å². The number of hydrogen-bond donors (Lipinski definition) is 1. The minimum absolute atomic E-state index is 0. The van der Waals surface area contributed by atoms with Gasteiger partial charge in [-0.2, -0.15) is 0 Å². The van der Waals surface area contributed by atoms with Gasteiger partial charge in [-0.15, -0.1) is 0 Å². The molecule has 6 heteroatoms. The van der Waals surface area contributed by atoms with Crippen LogP contribution in [0, 0.1) is 6.92 Å².